The van der Waals surface area contributed by atoms with Crippen LogP contribution in [0.15, 0.2) is 35.4 Å². The molecule has 0 unspecified atom stereocenters. The molecule has 29 heavy (non-hydrogen) atoms. The number of rotatable bonds is 7. The Morgan fingerprint density at radius 1 is 1.38 bits per heavy atom. The number of nitro benzene ring substituents is 1. The van der Waals surface area contributed by atoms with Crippen molar-refractivity contribution in [3.63, 3.8) is 0 Å². The van der Waals surface area contributed by atoms with Gasteiger partial charge in [0.15, 0.2) is 11.5 Å². The molecule has 0 aromatic heterocycles. The SMILES string of the molecule is C#CCOc1c(I)cc(/C=N\Nc2ccc(C(F)(F)F)cc2[N+](=O)[O-])cc1OC. The van der Waals surface area contributed by atoms with Gasteiger partial charge in [0.2, 0.25) is 0 Å². The lowest BCUT2D eigenvalue weighted by molar-refractivity contribution is -0.384. The quantitative estimate of drug-likeness (QED) is 0.189. The van der Waals surface area contributed by atoms with Crippen LogP contribution in [0.3, 0.4) is 0 Å². The average molecular weight is 519 g/mol. The summed E-state index contributed by atoms with van der Waals surface area (Å²) in [4.78, 5) is 10.2. The molecule has 152 valence electrons. The molecule has 0 aliphatic carbocycles. The normalized spacial score (nSPS) is 11.2. The number of hydrazone groups is 1. The predicted molar refractivity (Wildman–Crippen MR) is 109 cm³/mol. The molecule has 2 aromatic rings. The minimum Gasteiger partial charge on any atom is -0.493 e. The molecule has 0 fully saturated rings. The zero-order chi connectivity index (χ0) is 21.6. The number of benzene rings is 2. The minimum atomic E-state index is -4.69. The van der Waals surface area contributed by atoms with Gasteiger partial charge >= 0.3 is 6.18 Å². The van der Waals surface area contributed by atoms with E-state index in [2.05, 4.69) is 16.4 Å². The lowest BCUT2D eigenvalue weighted by atomic mass is 10.1. The van der Waals surface area contributed by atoms with Crippen molar-refractivity contribution in [2.75, 3.05) is 19.1 Å². The van der Waals surface area contributed by atoms with Gasteiger partial charge in [-0.3, -0.25) is 15.5 Å². The molecule has 0 radical (unpaired) electrons. The van der Waals surface area contributed by atoms with E-state index in [4.69, 9.17) is 15.9 Å². The van der Waals surface area contributed by atoms with E-state index >= 15 is 0 Å². The highest BCUT2D eigenvalue weighted by Gasteiger charge is 2.33. The van der Waals surface area contributed by atoms with Crippen LogP contribution in [0, 0.1) is 26.0 Å². The second-order valence-electron chi connectivity index (χ2n) is 5.38. The predicted octanol–water partition coefficient (Wildman–Crippen LogP) is 4.68. The number of halogens is 4. The summed E-state index contributed by atoms with van der Waals surface area (Å²) in [6.45, 7) is 0.0545. The molecule has 0 saturated heterocycles. The van der Waals surface area contributed by atoms with E-state index in [9.17, 15) is 23.3 Å². The van der Waals surface area contributed by atoms with Crippen molar-refractivity contribution in [1.82, 2.24) is 0 Å². The van der Waals surface area contributed by atoms with Gasteiger partial charge in [0, 0.05) is 6.07 Å². The molecular weight excluding hydrogens is 506 g/mol. The van der Waals surface area contributed by atoms with Crippen molar-refractivity contribution in [3.05, 3.63) is 55.1 Å². The fraction of sp³-hybridized carbons (Fsp3) is 0.167. The second kappa shape index (κ2) is 9.46. The number of nitrogens with zero attached hydrogens (tertiary/aromatic N) is 2. The van der Waals surface area contributed by atoms with Gasteiger partial charge in [-0.1, -0.05) is 5.92 Å². The zero-order valence-electron chi connectivity index (χ0n) is 14.8. The second-order valence-corrected chi connectivity index (χ2v) is 6.55. The van der Waals surface area contributed by atoms with Gasteiger partial charge in [0.25, 0.3) is 5.69 Å². The van der Waals surface area contributed by atoms with Crippen molar-refractivity contribution >= 4 is 40.2 Å². The summed E-state index contributed by atoms with van der Waals surface area (Å²) >= 11 is 2.01. The third-order valence-corrected chi connectivity index (χ3v) is 4.27. The Labute approximate surface area is 177 Å². The summed E-state index contributed by atoms with van der Waals surface area (Å²) in [6.07, 6.45) is 1.82. The van der Waals surface area contributed by atoms with Crippen LogP contribution in [0.4, 0.5) is 24.5 Å². The largest absolute Gasteiger partial charge is 0.493 e. The molecule has 0 atom stereocenters. The fourth-order valence-electron chi connectivity index (χ4n) is 2.20. The summed E-state index contributed by atoms with van der Waals surface area (Å²) in [7, 11) is 1.44. The molecule has 0 bridgehead atoms. The number of ether oxygens (including phenoxy) is 2. The van der Waals surface area contributed by atoms with Crippen LogP contribution >= 0.6 is 22.6 Å². The molecular formula is C18H13F3IN3O4. The average Bonchev–Trinajstić information content (AvgIpc) is 2.66. The van der Waals surface area contributed by atoms with E-state index in [1.165, 1.54) is 13.3 Å². The molecule has 0 heterocycles. The first-order valence-electron chi connectivity index (χ1n) is 7.76. The van der Waals surface area contributed by atoms with E-state index < -0.39 is 22.4 Å². The highest BCUT2D eigenvalue weighted by Crippen LogP contribution is 2.35. The molecule has 0 amide bonds. The van der Waals surface area contributed by atoms with Crippen LogP contribution in [0.2, 0.25) is 0 Å². The third-order valence-electron chi connectivity index (χ3n) is 3.47. The molecule has 0 saturated carbocycles. The summed E-state index contributed by atoms with van der Waals surface area (Å²) in [6, 6.07) is 5.41. The van der Waals surface area contributed by atoms with E-state index in [1.54, 1.807) is 12.1 Å². The maximum absolute atomic E-state index is 12.7. The summed E-state index contributed by atoms with van der Waals surface area (Å²) < 4.78 is 49.6. The number of anilines is 1. The Balaban J connectivity index is 2.27. The van der Waals surface area contributed by atoms with Crippen LogP contribution in [0.25, 0.3) is 0 Å². The van der Waals surface area contributed by atoms with Gasteiger partial charge in [-0.25, -0.2) is 0 Å². The van der Waals surface area contributed by atoms with Crippen molar-refractivity contribution in [3.8, 4) is 23.8 Å². The van der Waals surface area contributed by atoms with Gasteiger partial charge in [0.1, 0.15) is 12.3 Å². The van der Waals surface area contributed by atoms with E-state index in [0.29, 0.717) is 26.7 Å². The monoisotopic (exact) mass is 519 g/mol. The molecule has 0 aliphatic heterocycles. The van der Waals surface area contributed by atoms with Crippen molar-refractivity contribution < 1.29 is 27.6 Å². The van der Waals surface area contributed by atoms with Gasteiger partial charge in [-0.05, 0) is 52.4 Å². The van der Waals surface area contributed by atoms with Gasteiger partial charge in [0.05, 0.1) is 27.4 Å². The Morgan fingerprint density at radius 3 is 2.69 bits per heavy atom. The third kappa shape index (κ3) is 5.74. The molecule has 1 N–H and O–H groups in total. The molecule has 11 heteroatoms. The molecule has 0 spiro atoms. The Morgan fingerprint density at radius 2 is 2.10 bits per heavy atom. The lowest BCUT2D eigenvalue weighted by Gasteiger charge is -2.11. The van der Waals surface area contributed by atoms with Crippen LogP contribution < -0.4 is 14.9 Å². The Bertz CT molecular complexity index is 988. The summed E-state index contributed by atoms with van der Waals surface area (Å²) in [5.41, 5.74) is 0.886. The van der Waals surface area contributed by atoms with Gasteiger partial charge < -0.3 is 9.47 Å². The number of nitro groups is 1. The number of alkyl halides is 3. The minimum absolute atomic E-state index is 0.0545. The lowest BCUT2D eigenvalue weighted by Crippen LogP contribution is -2.06. The summed E-state index contributed by atoms with van der Waals surface area (Å²) in [5.74, 6) is 3.20. The number of hydrogen-bond acceptors (Lipinski definition) is 6. The standard InChI is InChI=1S/C18H13F3IN3O4/c1-3-6-29-17-13(22)7-11(8-16(17)28-2)10-23-24-14-5-4-12(18(19,20)21)9-15(14)25(26)27/h1,4-5,7-10,24H,6H2,2H3/b23-10-. The maximum Gasteiger partial charge on any atom is 0.416 e. The van der Waals surface area contributed by atoms with Crippen LogP contribution in [-0.4, -0.2) is 24.9 Å². The highest BCUT2D eigenvalue weighted by molar-refractivity contribution is 14.1. The van der Waals surface area contributed by atoms with Crippen LogP contribution in [-0.2, 0) is 6.18 Å². The molecule has 2 rings (SSSR count). The van der Waals surface area contributed by atoms with Crippen molar-refractivity contribution in [2.45, 2.75) is 6.18 Å². The number of methoxy groups -OCH3 is 1. The maximum atomic E-state index is 12.7. The number of nitrogens with one attached hydrogen (secondary N) is 1. The van der Waals surface area contributed by atoms with Crippen LogP contribution in [0.5, 0.6) is 11.5 Å². The van der Waals surface area contributed by atoms with Gasteiger partial charge in [-0.2, -0.15) is 18.3 Å². The van der Waals surface area contributed by atoms with E-state index in [-0.39, 0.29) is 12.3 Å². The number of terminal acetylenes is 1. The van der Waals surface area contributed by atoms with Gasteiger partial charge in [-0.15, -0.1) is 6.42 Å². The van der Waals surface area contributed by atoms with Crippen molar-refractivity contribution in [2.24, 2.45) is 5.10 Å². The first-order valence-corrected chi connectivity index (χ1v) is 8.83. The zero-order valence-corrected chi connectivity index (χ0v) is 16.9. The van der Waals surface area contributed by atoms with Crippen molar-refractivity contribution in [1.29, 1.82) is 0 Å². The first-order chi connectivity index (χ1) is 13.7. The highest BCUT2D eigenvalue weighted by atomic mass is 127. The molecule has 2 aromatic carbocycles. The summed E-state index contributed by atoms with van der Waals surface area (Å²) in [5, 5.41) is 14.9. The van der Waals surface area contributed by atoms with E-state index in [0.717, 1.165) is 12.1 Å². The Hall–Kier alpha value is -3.01. The van der Waals surface area contributed by atoms with E-state index in [1.807, 2.05) is 22.6 Å². The Kier molecular flexibility index (Phi) is 7.27. The molecule has 0 aliphatic rings. The molecule has 7 nitrogen and oxygen atoms in total. The topological polar surface area (TPSA) is 86.0 Å². The number of hydrogen-bond donors (Lipinski definition) is 1. The van der Waals surface area contributed by atoms with Crippen LogP contribution in [0.1, 0.15) is 11.1 Å². The fourth-order valence-corrected chi connectivity index (χ4v) is 2.98. The first kappa shape index (κ1) is 22.3. The smallest absolute Gasteiger partial charge is 0.416 e.